The van der Waals surface area contributed by atoms with Gasteiger partial charge in [-0.05, 0) is 67.0 Å². The molecule has 5 heteroatoms. The molecule has 1 N–H and O–H groups in total. The number of imidazole rings is 1. The smallest absolute Gasteiger partial charge is 0.137 e. The van der Waals surface area contributed by atoms with Crippen LogP contribution in [0.4, 0.5) is 0 Å². The van der Waals surface area contributed by atoms with Gasteiger partial charge in [-0.1, -0.05) is 23.8 Å². The van der Waals surface area contributed by atoms with Crippen LogP contribution in [0.1, 0.15) is 23.2 Å². The van der Waals surface area contributed by atoms with Gasteiger partial charge in [-0.3, -0.25) is 4.90 Å². The highest BCUT2D eigenvalue weighted by Crippen LogP contribution is 2.30. The van der Waals surface area contributed by atoms with Crippen LogP contribution in [-0.2, 0) is 6.54 Å². The van der Waals surface area contributed by atoms with E-state index in [1.165, 1.54) is 28.8 Å². The Morgan fingerprint density at radius 3 is 2.85 bits per heavy atom. The van der Waals surface area contributed by atoms with E-state index >= 15 is 0 Å². The monoisotopic (exact) mass is 412 g/mol. The molecule has 4 nitrogen and oxygen atoms in total. The van der Waals surface area contributed by atoms with E-state index in [2.05, 4.69) is 80.9 Å². The number of rotatable bonds is 3. The molecule has 0 unspecified atom stereocenters. The molecule has 0 aliphatic carbocycles. The molecule has 0 spiro atoms. The summed E-state index contributed by atoms with van der Waals surface area (Å²) in [5, 5.41) is 3.49. The summed E-state index contributed by atoms with van der Waals surface area (Å²) < 4.78 is 3.32. The fourth-order valence-electron chi connectivity index (χ4n) is 3.79. The van der Waals surface area contributed by atoms with Crippen molar-refractivity contribution in [2.75, 3.05) is 26.2 Å². The summed E-state index contributed by atoms with van der Waals surface area (Å²) in [6, 6.07) is 10.8. The Bertz CT molecular complexity index is 923. The molecule has 0 bridgehead atoms. The van der Waals surface area contributed by atoms with Gasteiger partial charge in [-0.25, -0.2) is 4.98 Å². The van der Waals surface area contributed by atoms with E-state index in [0.29, 0.717) is 0 Å². The lowest BCUT2D eigenvalue weighted by molar-refractivity contribution is 0.281. The van der Waals surface area contributed by atoms with Crippen LogP contribution in [0.25, 0.3) is 16.9 Å². The van der Waals surface area contributed by atoms with Gasteiger partial charge in [0, 0.05) is 35.9 Å². The molecule has 0 radical (unpaired) electrons. The number of hydrogen-bond donors (Lipinski definition) is 1. The predicted octanol–water partition coefficient (Wildman–Crippen LogP) is 4.18. The van der Waals surface area contributed by atoms with Crippen molar-refractivity contribution < 1.29 is 0 Å². The molecule has 26 heavy (non-hydrogen) atoms. The summed E-state index contributed by atoms with van der Waals surface area (Å²) >= 11 is 3.62. The van der Waals surface area contributed by atoms with Crippen molar-refractivity contribution in [1.29, 1.82) is 0 Å². The third kappa shape index (κ3) is 3.56. The topological polar surface area (TPSA) is 32.6 Å². The van der Waals surface area contributed by atoms with Crippen molar-refractivity contribution in [1.82, 2.24) is 19.6 Å². The molecule has 3 aromatic rings. The number of nitrogens with zero attached hydrogens (tertiary/aromatic N) is 3. The van der Waals surface area contributed by atoms with E-state index < -0.39 is 0 Å². The van der Waals surface area contributed by atoms with Crippen molar-refractivity contribution in [3.05, 3.63) is 57.8 Å². The first-order valence-corrected chi connectivity index (χ1v) is 10.1. The molecule has 2 aromatic heterocycles. The molecule has 0 saturated carbocycles. The Labute approximate surface area is 163 Å². The lowest BCUT2D eigenvalue weighted by Crippen LogP contribution is -2.28. The van der Waals surface area contributed by atoms with Crippen molar-refractivity contribution in [2.45, 2.75) is 26.8 Å². The highest BCUT2D eigenvalue weighted by molar-refractivity contribution is 9.10. The Hall–Kier alpha value is -1.69. The number of halogens is 1. The SMILES string of the molecule is Cc1ccc(-c2nc3ccc(Br)cn3c2CN2CCCNCC2)c(C)c1. The van der Waals surface area contributed by atoms with Crippen LogP contribution >= 0.6 is 15.9 Å². The van der Waals surface area contributed by atoms with Gasteiger partial charge in [0.25, 0.3) is 0 Å². The van der Waals surface area contributed by atoms with Crippen LogP contribution in [-0.4, -0.2) is 40.5 Å². The number of fused-ring (bicyclic) bond motifs is 1. The number of aryl methyl sites for hydroxylation is 2. The van der Waals surface area contributed by atoms with Crippen molar-refractivity contribution in [3.8, 4) is 11.3 Å². The van der Waals surface area contributed by atoms with Crippen molar-refractivity contribution in [2.24, 2.45) is 0 Å². The molecular weight excluding hydrogens is 388 g/mol. The van der Waals surface area contributed by atoms with Crippen LogP contribution in [0, 0.1) is 13.8 Å². The second kappa shape index (κ2) is 7.51. The second-order valence-corrected chi connectivity index (χ2v) is 8.10. The largest absolute Gasteiger partial charge is 0.315 e. The zero-order valence-electron chi connectivity index (χ0n) is 15.4. The van der Waals surface area contributed by atoms with E-state index in [0.717, 1.165) is 48.5 Å². The molecule has 3 heterocycles. The number of nitrogens with one attached hydrogen (secondary N) is 1. The van der Waals surface area contributed by atoms with E-state index in [1.54, 1.807) is 0 Å². The standard InChI is InChI=1S/C21H25BrN4/c1-15-4-6-18(16(2)12-15)21-19(14-25-10-3-8-23-9-11-25)26-13-17(22)5-7-20(26)24-21/h4-7,12-13,23H,3,8-11,14H2,1-2H3. The van der Waals surface area contributed by atoms with Crippen LogP contribution in [0.3, 0.4) is 0 Å². The summed E-state index contributed by atoms with van der Waals surface area (Å²) in [6.07, 6.45) is 3.33. The maximum absolute atomic E-state index is 5.00. The zero-order chi connectivity index (χ0) is 18.1. The number of aromatic nitrogens is 2. The molecule has 1 aliphatic rings. The summed E-state index contributed by atoms with van der Waals surface area (Å²) in [4.78, 5) is 7.54. The van der Waals surface area contributed by atoms with Gasteiger partial charge in [0.15, 0.2) is 0 Å². The average Bonchev–Trinajstić information content (AvgIpc) is 2.79. The van der Waals surface area contributed by atoms with Gasteiger partial charge in [0.1, 0.15) is 5.65 Å². The highest BCUT2D eigenvalue weighted by Gasteiger charge is 2.19. The molecule has 136 valence electrons. The minimum absolute atomic E-state index is 0.919. The molecule has 0 atom stereocenters. The van der Waals surface area contributed by atoms with Gasteiger partial charge < -0.3 is 9.72 Å². The van der Waals surface area contributed by atoms with E-state index in [9.17, 15) is 0 Å². The molecule has 1 aromatic carbocycles. The molecule has 1 fully saturated rings. The van der Waals surface area contributed by atoms with Crippen LogP contribution in [0.5, 0.6) is 0 Å². The van der Waals surface area contributed by atoms with Gasteiger partial charge in [-0.2, -0.15) is 0 Å². The second-order valence-electron chi connectivity index (χ2n) is 7.18. The van der Waals surface area contributed by atoms with E-state index in [-0.39, 0.29) is 0 Å². The third-order valence-corrected chi connectivity index (χ3v) is 5.59. The summed E-state index contributed by atoms with van der Waals surface area (Å²) in [5.41, 5.74) is 7.20. The van der Waals surface area contributed by atoms with Gasteiger partial charge in [0.2, 0.25) is 0 Å². The first-order valence-electron chi connectivity index (χ1n) is 9.29. The summed E-state index contributed by atoms with van der Waals surface area (Å²) in [7, 11) is 0. The third-order valence-electron chi connectivity index (χ3n) is 5.12. The van der Waals surface area contributed by atoms with Crippen LogP contribution < -0.4 is 5.32 Å². The fourth-order valence-corrected chi connectivity index (χ4v) is 4.12. The Morgan fingerprint density at radius 2 is 2.00 bits per heavy atom. The summed E-state index contributed by atoms with van der Waals surface area (Å²) in [6.45, 7) is 9.61. The minimum atomic E-state index is 0.919. The fraction of sp³-hybridized carbons (Fsp3) is 0.381. The van der Waals surface area contributed by atoms with Crippen LogP contribution in [0.15, 0.2) is 41.0 Å². The lowest BCUT2D eigenvalue weighted by atomic mass is 10.0. The highest BCUT2D eigenvalue weighted by atomic mass is 79.9. The van der Waals surface area contributed by atoms with Crippen molar-refractivity contribution >= 4 is 21.6 Å². The van der Waals surface area contributed by atoms with Gasteiger partial charge in [0.05, 0.1) is 11.4 Å². The lowest BCUT2D eigenvalue weighted by Gasteiger charge is -2.20. The quantitative estimate of drug-likeness (QED) is 0.700. The zero-order valence-corrected chi connectivity index (χ0v) is 17.0. The number of benzene rings is 1. The molecule has 1 saturated heterocycles. The van der Waals surface area contributed by atoms with Gasteiger partial charge >= 0.3 is 0 Å². The first kappa shape index (κ1) is 17.7. The summed E-state index contributed by atoms with van der Waals surface area (Å²) in [5.74, 6) is 0. The van der Waals surface area contributed by atoms with Crippen LogP contribution in [0.2, 0.25) is 0 Å². The number of pyridine rings is 1. The van der Waals surface area contributed by atoms with E-state index in [4.69, 9.17) is 4.98 Å². The van der Waals surface area contributed by atoms with Crippen molar-refractivity contribution in [3.63, 3.8) is 0 Å². The Balaban J connectivity index is 1.83. The average molecular weight is 413 g/mol. The Kier molecular flexibility index (Phi) is 5.11. The molecule has 1 aliphatic heterocycles. The maximum atomic E-state index is 5.00. The maximum Gasteiger partial charge on any atom is 0.137 e. The Morgan fingerprint density at radius 1 is 1.12 bits per heavy atom. The predicted molar refractivity (Wildman–Crippen MR) is 111 cm³/mol. The number of hydrogen-bond acceptors (Lipinski definition) is 3. The normalized spacial score (nSPS) is 16.1. The molecule has 4 rings (SSSR count). The molecule has 0 amide bonds. The minimum Gasteiger partial charge on any atom is -0.315 e. The van der Waals surface area contributed by atoms with Gasteiger partial charge in [-0.15, -0.1) is 0 Å². The molecular formula is C21H25BrN4. The first-order chi connectivity index (χ1) is 12.6. The van der Waals surface area contributed by atoms with E-state index in [1.807, 2.05) is 0 Å².